The van der Waals surface area contributed by atoms with Gasteiger partial charge in [0.05, 0.1) is 0 Å². The number of nitrogens with zero attached hydrogens (tertiary/aromatic N) is 5. The third-order valence-corrected chi connectivity index (χ3v) is 5.47. The van der Waals surface area contributed by atoms with Crippen molar-refractivity contribution in [2.45, 2.75) is 0 Å². The molecule has 3 aromatic carbocycles. The first-order chi connectivity index (χ1) is 17.6. The molecule has 0 saturated heterocycles. The molecule has 0 aliphatic carbocycles. The van der Waals surface area contributed by atoms with Crippen LogP contribution in [0.15, 0.2) is 120 Å². The summed E-state index contributed by atoms with van der Waals surface area (Å²) < 4.78 is 1.31. The molecule has 9 nitrogen and oxygen atoms in total. The van der Waals surface area contributed by atoms with Crippen LogP contribution in [0.2, 0.25) is 0 Å². The minimum absolute atomic E-state index is 0.0176. The molecule has 176 valence electrons. The predicted octanol–water partition coefficient (Wildman–Crippen LogP) is 5.12. The molecule has 0 saturated carbocycles. The molecule has 2 heterocycles. The maximum atomic E-state index is 13.6. The van der Waals surface area contributed by atoms with Crippen molar-refractivity contribution in [3.05, 3.63) is 120 Å². The zero-order valence-electron chi connectivity index (χ0n) is 18.9. The molecule has 0 spiro atoms. The summed E-state index contributed by atoms with van der Waals surface area (Å²) in [5, 5.41) is 33.6. The molecule has 0 fully saturated rings. The standard InChI is InChI=1S/C27H20N6O3/c34-27(21-15-17-28-18-16-21)32-26(20-11-5-2-6-12-20)25(24(31-32)19-9-3-1-4-10-19)30-29-22-13-7-8-14-23(22)33(35)36/h1-18,33,35H. The number of quaternary nitrogens is 1. The molecule has 0 radical (unpaired) electrons. The molecular weight excluding hydrogens is 456 g/mol. The van der Waals surface area contributed by atoms with E-state index >= 15 is 0 Å². The van der Waals surface area contributed by atoms with Gasteiger partial charge in [-0.2, -0.15) is 15.0 Å². The molecule has 36 heavy (non-hydrogen) atoms. The summed E-state index contributed by atoms with van der Waals surface area (Å²) in [4.78, 5) is 17.6. The lowest BCUT2D eigenvalue weighted by Gasteiger charge is -2.12. The number of nitrogens with one attached hydrogen (secondary N) is 1. The zero-order chi connectivity index (χ0) is 24.9. The van der Waals surface area contributed by atoms with Crippen molar-refractivity contribution < 1.29 is 15.2 Å². The van der Waals surface area contributed by atoms with Gasteiger partial charge < -0.3 is 5.21 Å². The third kappa shape index (κ3) is 4.57. The van der Waals surface area contributed by atoms with Crippen LogP contribution >= 0.6 is 0 Å². The molecule has 5 rings (SSSR count). The fourth-order valence-electron chi connectivity index (χ4n) is 3.76. The SMILES string of the molecule is O=C(c1ccncc1)n1nc(-c2ccccc2)c(N=Nc2ccccc2[NH+]([O-])O)c1-c1ccccc1. The molecule has 0 aliphatic heterocycles. The predicted molar refractivity (Wildman–Crippen MR) is 133 cm³/mol. The molecule has 1 atom stereocenters. The Balaban J connectivity index is 1.77. The highest BCUT2D eigenvalue weighted by molar-refractivity contribution is 6.01. The summed E-state index contributed by atoms with van der Waals surface area (Å²) in [6.07, 6.45) is 3.08. The van der Waals surface area contributed by atoms with E-state index in [9.17, 15) is 15.2 Å². The van der Waals surface area contributed by atoms with E-state index in [0.29, 0.717) is 28.2 Å². The maximum absolute atomic E-state index is 13.6. The van der Waals surface area contributed by atoms with Crippen LogP contribution in [-0.4, -0.2) is 25.9 Å². The van der Waals surface area contributed by atoms with Crippen molar-refractivity contribution in [3.63, 3.8) is 0 Å². The van der Waals surface area contributed by atoms with Gasteiger partial charge in [-0.15, -0.1) is 10.2 Å². The van der Waals surface area contributed by atoms with Gasteiger partial charge in [0.2, 0.25) is 0 Å². The minimum atomic E-state index is -1.11. The van der Waals surface area contributed by atoms with Gasteiger partial charge in [-0.1, -0.05) is 72.8 Å². The number of azo groups is 1. The number of benzene rings is 3. The van der Waals surface area contributed by atoms with Gasteiger partial charge >= 0.3 is 0 Å². The van der Waals surface area contributed by atoms with Crippen molar-refractivity contribution in [3.8, 4) is 22.5 Å². The quantitative estimate of drug-likeness (QED) is 0.260. The van der Waals surface area contributed by atoms with Crippen LogP contribution in [0, 0.1) is 5.21 Å². The monoisotopic (exact) mass is 476 g/mol. The van der Waals surface area contributed by atoms with Crippen LogP contribution in [0.3, 0.4) is 0 Å². The number of para-hydroxylation sites is 1. The molecule has 2 N–H and O–H groups in total. The van der Waals surface area contributed by atoms with Gasteiger partial charge in [0.1, 0.15) is 22.8 Å². The highest BCUT2D eigenvalue weighted by Gasteiger charge is 2.25. The smallest absolute Gasteiger partial charge is 0.278 e. The van der Waals surface area contributed by atoms with E-state index in [4.69, 9.17) is 0 Å². The summed E-state index contributed by atoms with van der Waals surface area (Å²) in [7, 11) is 0. The van der Waals surface area contributed by atoms with Crippen LogP contribution < -0.4 is 5.23 Å². The Morgan fingerprint density at radius 1 is 0.806 bits per heavy atom. The zero-order valence-corrected chi connectivity index (χ0v) is 18.9. The Kier molecular flexibility index (Phi) is 6.50. The Bertz CT molecular complexity index is 1520. The molecular formula is C27H20N6O3. The van der Waals surface area contributed by atoms with Crippen LogP contribution in [0.4, 0.5) is 17.1 Å². The first-order valence-corrected chi connectivity index (χ1v) is 11.1. The van der Waals surface area contributed by atoms with E-state index in [1.54, 1.807) is 42.7 Å². The molecule has 9 heteroatoms. The second-order valence-corrected chi connectivity index (χ2v) is 7.75. The number of carbonyl (C=O) groups is 1. The van der Waals surface area contributed by atoms with Crippen molar-refractivity contribution in [1.82, 2.24) is 14.8 Å². The number of hydrogen-bond acceptors (Lipinski definition) is 7. The van der Waals surface area contributed by atoms with Crippen LogP contribution in [0.1, 0.15) is 10.4 Å². The average Bonchev–Trinajstić information content (AvgIpc) is 3.32. The summed E-state index contributed by atoms with van der Waals surface area (Å²) in [5.41, 5.74) is 3.27. The summed E-state index contributed by atoms with van der Waals surface area (Å²) in [6, 6.07) is 28.2. The average molecular weight is 476 g/mol. The summed E-state index contributed by atoms with van der Waals surface area (Å²) >= 11 is 0. The van der Waals surface area contributed by atoms with Crippen LogP contribution in [-0.2, 0) is 0 Å². The van der Waals surface area contributed by atoms with Crippen LogP contribution in [0.25, 0.3) is 22.5 Å². The number of hydrogen-bond donors (Lipinski definition) is 2. The number of carbonyl (C=O) groups excluding carboxylic acids is 1. The van der Waals surface area contributed by atoms with Crippen molar-refractivity contribution in [2.24, 2.45) is 10.2 Å². The number of pyridine rings is 1. The molecule has 0 amide bonds. The minimum Gasteiger partial charge on any atom is -0.595 e. The second-order valence-electron chi connectivity index (χ2n) is 7.75. The highest BCUT2D eigenvalue weighted by atomic mass is 16.8. The van der Waals surface area contributed by atoms with Gasteiger partial charge in [0, 0.05) is 35.2 Å². The summed E-state index contributed by atoms with van der Waals surface area (Å²) in [5.74, 6) is -0.360. The fourth-order valence-corrected chi connectivity index (χ4v) is 3.76. The maximum Gasteiger partial charge on any atom is 0.278 e. The Hall–Kier alpha value is -4.83. The molecule has 5 aromatic rings. The molecule has 1 unspecified atom stereocenters. The Morgan fingerprint density at radius 3 is 2.08 bits per heavy atom. The van der Waals surface area contributed by atoms with E-state index in [-0.39, 0.29) is 17.3 Å². The van der Waals surface area contributed by atoms with E-state index < -0.39 is 5.23 Å². The molecule has 0 bridgehead atoms. The fraction of sp³-hybridized carbons (Fsp3) is 0. The van der Waals surface area contributed by atoms with E-state index in [1.807, 2.05) is 60.7 Å². The van der Waals surface area contributed by atoms with E-state index in [2.05, 4.69) is 20.3 Å². The normalized spacial score (nSPS) is 12.1. The van der Waals surface area contributed by atoms with Gasteiger partial charge in [0.15, 0.2) is 5.69 Å². The van der Waals surface area contributed by atoms with E-state index in [1.165, 1.54) is 10.7 Å². The first kappa shape index (κ1) is 22.9. The van der Waals surface area contributed by atoms with Crippen molar-refractivity contribution in [2.75, 3.05) is 0 Å². The summed E-state index contributed by atoms with van der Waals surface area (Å²) in [6.45, 7) is 0. The molecule has 0 aliphatic rings. The Morgan fingerprint density at radius 2 is 1.42 bits per heavy atom. The van der Waals surface area contributed by atoms with Crippen molar-refractivity contribution >= 4 is 23.0 Å². The van der Waals surface area contributed by atoms with Gasteiger partial charge in [-0.3, -0.25) is 9.78 Å². The van der Waals surface area contributed by atoms with Gasteiger partial charge in [0.25, 0.3) is 5.91 Å². The number of rotatable bonds is 6. The van der Waals surface area contributed by atoms with Gasteiger partial charge in [-0.05, 0) is 18.2 Å². The van der Waals surface area contributed by atoms with Gasteiger partial charge in [-0.25, -0.2) is 5.21 Å². The lowest BCUT2D eigenvalue weighted by molar-refractivity contribution is -0.990. The highest BCUT2D eigenvalue weighted by Crippen LogP contribution is 2.40. The second kappa shape index (κ2) is 10.2. The third-order valence-electron chi connectivity index (χ3n) is 5.47. The lowest BCUT2D eigenvalue weighted by Crippen LogP contribution is -2.99. The molecule has 2 aromatic heterocycles. The van der Waals surface area contributed by atoms with Crippen molar-refractivity contribution in [1.29, 1.82) is 0 Å². The largest absolute Gasteiger partial charge is 0.595 e. The number of aromatic nitrogens is 3. The first-order valence-electron chi connectivity index (χ1n) is 11.1. The Labute approximate surface area is 206 Å². The van der Waals surface area contributed by atoms with Crippen LogP contribution in [0.5, 0.6) is 0 Å². The van der Waals surface area contributed by atoms with E-state index in [0.717, 1.165) is 5.56 Å². The topological polar surface area (TPSA) is 120 Å². The lowest BCUT2D eigenvalue weighted by atomic mass is 10.1.